The van der Waals surface area contributed by atoms with E-state index in [0.717, 1.165) is 10.9 Å². The second-order valence-corrected chi connectivity index (χ2v) is 20.1. The maximum absolute atomic E-state index is 14.5. The van der Waals surface area contributed by atoms with E-state index in [1.807, 2.05) is 0 Å². The first-order valence-electron chi connectivity index (χ1n) is 25.5. The number of aromatic nitrogens is 1. The van der Waals surface area contributed by atoms with Gasteiger partial charge >= 0.3 is 5.97 Å². The van der Waals surface area contributed by atoms with E-state index in [9.17, 15) is 68.4 Å². The Hall–Kier alpha value is -6.00. The maximum Gasteiger partial charge on any atom is 0.326 e. The molecule has 9 amide bonds. The number of nitrogens with zero attached hydrogens (tertiary/aromatic N) is 2. The van der Waals surface area contributed by atoms with Crippen molar-refractivity contribution >= 4 is 95.3 Å². The molecule has 3 heterocycles. The van der Waals surface area contributed by atoms with Crippen molar-refractivity contribution in [2.45, 2.75) is 146 Å². The third-order valence-corrected chi connectivity index (χ3v) is 14.7. The molecule has 76 heavy (non-hydrogen) atoms. The van der Waals surface area contributed by atoms with E-state index >= 15 is 0 Å². The molecule has 4 rings (SSSR count). The van der Waals surface area contributed by atoms with Crippen LogP contribution in [0.3, 0.4) is 0 Å². The van der Waals surface area contributed by atoms with E-state index in [1.54, 1.807) is 58.2 Å². The van der Waals surface area contributed by atoms with Crippen molar-refractivity contribution in [1.29, 1.82) is 0 Å². The molecule has 1 aromatic heterocycles. The van der Waals surface area contributed by atoms with Gasteiger partial charge in [0.15, 0.2) is 0 Å². The van der Waals surface area contributed by atoms with Gasteiger partial charge in [0, 0.05) is 48.1 Å². The van der Waals surface area contributed by atoms with E-state index in [-0.39, 0.29) is 43.9 Å². The Kier molecular flexibility index (Phi) is 24.3. The lowest BCUT2D eigenvalue weighted by Crippen LogP contribution is -2.62. The van der Waals surface area contributed by atoms with Crippen LogP contribution < -0.4 is 43.0 Å². The van der Waals surface area contributed by atoms with Crippen LogP contribution in [0, 0.1) is 11.8 Å². The van der Waals surface area contributed by atoms with Gasteiger partial charge in [-0.2, -0.15) is 25.3 Å². The van der Waals surface area contributed by atoms with E-state index in [4.69, 9.17) is 5.73 Å². The summed E-state index contributed by atoms with van der Waals surface area (Å²) >= 11 is 8.20. The molecule has 2 fully saturated rings. The number of amides is 9. The fraction of sp³-hybridized carbons (Fsp3) is 0.633. The highest BCUT2D eigenvalue weighted by molar-refractivity contribution is 7.80. The zero-order valence-electron chi connectivity index (χ0n) is 43.3. The number of nitrogens with one attached hydrogen (secondary N) is 8. The second-order valence-electron chi connectivity index (χ2n) is 19.3. The van der Waals surface area contributed by atoms with Crippen LogP contribution >= 0.6 is 25.3 Å². The molecule has 13 atom stereocenters. The third-order valence-electron chi connectivity index (χ3n) is 14.0. The average Bonchev–Trinajstić information content (AvgIpc) is 4.21. The molecule has 13 unspecified atom stereocenters. The molecule has 0 aliphatic carbocycles. The Morgan fingerprint density at radius 1 is 0.645 bits per heavy atom. The number of nitrogens with two attached hydrogens (primary N) is 1. The summed E-state index contributed by atoms with van der Waals surface area (Å²) in [6, 6.07) is -6.24. The molecule has 0 saturated carbocycles. The molecule has 2 saturated heterocycles. The summed E-state index contributed by atoms with van der Waals surface area (Å²) in [5.41, 5.74) is 7.05. The predicted octanol–water partition coefficient (Wildman–Crippen LogP) is -3.18. The van der Waals surface area contributed by atoms with Gasteiger partial charge in [-0.3, -0.25) is 43.2 Å². The minimum absolute atomic E-state index is 0.0437. The highest BCUT2D eigenvalue weighted by Crippen LogP contribution is 2.25. The van der Waals surface area contributed by atoms with Gasteiger partial charge < -0.3 is 78.2 Å². The first-order chi connectivity index (χ1) is 36.1. The molecule has 2 aromatic rings. The van der Waals surface area contributed by atoms with Crippen molar-refractivity contribution in [1.82, 2.24) is 52.0 Å². The summed E-state index contributed by atoms with van der Waals surface area (Å²) in [4.78, 5) is 141. The largest absolute Gasteiger partial charge is 0.480 e. The van der Waals surface area contributed by atoms with Crippen LogP contribution in [-0.2, 0) is 54.4 Å². The summed E-state index contributed by atoms with van der Waals surface area (Å²) in [6.45, 7) is 6.58. The molecular formula is C49H75N11O14S2. The van der Waals surface area contributed by atoms with Crippen molar-refractivity contribution < 1.29 is 68.4 Å². The molecule has 0 spiro atoms. The maximum atomic E-state index is 14.5. The number of fused-ring (bicyclic) bond motifs is 1. The van der Waals surface area contributed by atoms with Gasteiger partial charge in [0.2, 0.25) is 53.2 Å². The molecule has 2 aliphatic rings. The number of aliphatic carboxylic acids is 1. The van der Waals surface area contributed by atoms with Gasteiger partial charge in [-0.1, -0.05) is 58.7 Å². The number of carboxylic acid groups (broad SMARTS) is 1. The molecule has 0 bridgehead atoms. The fourth-order valence-corrected chi connectivity index (χ4v) is 9.38. The number of aromatic amines is 1. The Labute approximate surface area is 451 Å². The number of aliphatic hydroxyl groups is 3. The van der Waals surface area contributed by atoms with Crippen molar-refractivity contribution in [3.8, 4) is 0 Å². The average molecular weight is 1110 g/mol. The van der Waals surface area contributed by atoms with E-state index in [0.29, 0.717) is 31.2 Å². The van der Waals surface area contributed by atoms with Crippen LogP contribution in [0.1, 0.15) is 78.7 Å². The summed E-state index contributed by atoms with van der Waals surface area (Å²) in [7, 11) is 0. The highest BCUT2D eigenvalue weighted by Gasteiger charge is 2.44. The van der Waals surface area contributed by atoms with Crippen LogP contribution in [0.25, 0.3) is 10.9 Å². The Morgan fingerprint density at radius 2 is 1.12 bits per heavy atom. The van der Waals surface area contributed by atoms with Gasteiger partial charge in [0.05, 0.1) is 25.4 Å². The number of likely N-dealkylation sites (tertiary alicyclic amines) is 2. The molecule has 27 heteroatoms. The quantitative estimate of drug-likeness (QED) is 0.0374. The van der Waals surface area contributed by atoms with Crippen LogP contribution in [0.2, 0.25) is 0 Å². The second kappa shape index (κ2) is 29.5. The zero-order valence-corrected chi connectivity index (χ0v) is 45.1. The number of hydrogen-bond acceptors (Lipinski definition) is 16. The third kappa shape index (κ3) is 16.0. The molecule has 2 aliphatic heterocycles. The van der Waals surface area contributed by atoms with Crippen molar-refractivity contribution in [2.75, 3.05) is 37.8 Å². The fourth-order valence-electron chi connectivity index (χ4n) is 8.96. The highest BCUT2D eigenvalue weighted by atomic mass is 32.1. The Morgan fingerprint density at radius 3 is 1.62 bits per heavy atom. The molecule has 0 radical (unpaired) electrons. The lowest BCUT2D eigenvalue weighted by molar-refractivity contribution is -0.146. The number of carboxylic acids is 1. The van der Waals surface area contributed by atoms with Gasteiger partial charge in [-0.25, -0.2) is 4.79 Å². The number of hydrogen-bond donors (Lipinski definition) is 15. The Bertz CT molecular complexity index is 2390. The van der Waals surface area contributed by atoms with Crippen LogP contribution in [0.4, 0.5) is 0 Å². The van der Waals surface area contributed by atoms with Crippen LogP contribution in [0.15, 0.2) is 30.5 Å². The van der Waals surface area contributed by atoms with Crippen molar-refractivity contribution in [3.05, 3.63) is 36.0 Å². The topological polar surface area (TPSA) is 384 Å². The number of carbonyl (C=O) groups excluding carboxylic acids is 9. The summed E-state index contributed by atoms with van der Waals surface area (Å²) < 4.78 is 0. The number of benzene rings is 1. The standard InChI is InChI=1S/C49H75N11O14S2/c1-6-24(3)37(56-43(67)34(23-76)55-46(70)39(26(5)63)58-40(64)29(50)22-75)47(71)60-17-11-15-36(60)45(69)57-38(25(4)7-2)48(72)59-16-10-14-35(59)44(68)54-33(21-62)42(66)53-32(20-61)41(65)52-31(49(73)74)18-27-19-51-30-13-9-8-12-28(27)30/h8-9,12-13,19,24-26,29,31-39,51,61-63,75-76H,6-7,10-11,14-18,20-23,50H2,1-5H3,(H,52,65)(H,53,66)(H,54,68)(H,55,70)(H,56,67)(H,57,69)(H,58,64)(H,73,74). The van der Waals surface area contributed by atoms with E-state index < -0.39 is 151 Å². The lowest BCUT2D eigenvalue weighted by Gasteiger charge is -2.35. The van der Waals surface area contributed by atoms with E-state index in [1.165, 1.54) is 16.7 Å². The van der Waals surface area contributed by atoms with Crippen LogP contribution in [-0.4, -0.2) is 199 Å². The first kappa shape index (κ1) is 62.5. The molecule has 1 aromatic carbocycles. The van der Waals surface area contributed by atoms with E-state index in [2.05, 4.69) is 67.5 Å². The number of H-pyrrole nitrogens is 1. The summed E-state index contributed by atoms with van der Waals surface area (Å²) in [5, 5.41) is 58.5. The monoisotopic (exact) mass is 1110 g/mol. The molecular weight excluding hydrogens is 1030 g/mol. The first-order valence-corrected chi connectivity index (χ1v) is 26.7. The zero-order chi connectivity index (χ0) is 56.6. The SMILES string of the molecule is CCC(C)C(NC(=O)C(CS)NC(=O)C(NC(=O)C(N)CS)C(C)O)C(=O)N1CCCC1C(=O)NC(C(=O)N1CCCC1C(=O)NC(CO)C(=O)NC(CO)C(=O)NC(Cc1c[nH]c2ccccc12)C(=O)O)C(C)CC. The molecule has 14 N–H and O–H groups in total. The molecule has 422 valence electrons. The number of para-hydroxylation sites is 1. The molecule has 25 nitrogen and oxygen atoms in total. The van der Waals surface area contributed by atoms with Crippen molar-refractivity contribution in [3.63, 3.8) is 0 Å². The number of aliphatic hydroxyl groups excluding tert-OH is 3. The smallest absolute Gasteiger partial charge is 0.326 e. The van der Waals surface area contributed by atoms with Crippen molar-refractivity contribution in [2.24, 2.45) is 17.6 Å². The summed E-state index contributed by atoms with van der Waals surface area (Å²) in [5.74, 6) is -9.97. The number of thiol groups is 2. The minimum Gasteiger partial charge on any atom is -0.480 e. The number of carbonyl (C=O) groups is 10. The Balaban J connectivity index is 1.42. The van der Waals surface area contributed by atoms with Gasteiger partial charge in [0.25, 0.3) is 0 Å². The van der Waals surface area contributed by atoms with Gasteiger partial charge in [0.1, 0.15) is 54.4 Å². The normalized spacial score (nSPS) is 19.8. The van der Waals surface area contributed by atoms with Gasteiger partial charge in [-0.05, 0) is 56.1 Å². The van der Waals surface area contributed by atoms with Gasteiger partial charge in [-0.15, -0.1) is 0 Å². The van der Waals surface area contributed by atoms with Crippen LogP contribution in [0.5, 0.6) is 0 Å². The minimum atomic E-state index is -1.69. The number of rotatable bonds is 28. The predicted molar refractivity (Wildman–Crippen MR) is 283 cm³/mol. The summed E-state index contributed by atoms with van der Waals surface area (Å²) in [6.07, 6.45) is 1.98. The lowest BCUT2D eigenvalue weighted by atomic mass is 9.96.